The minimum absolute atomic E-state index is 0.122. The third-order valence-corrected chi connectivity index (χ3v) is 4.31. The Morgan fingerprint density at radius 2 is 1.65 bits per heavy atom. The lowest BCUT2D eigenvalue weighted by molar-refractivity contribution is -0.165. The maximum absolute atomic E-state index is 13.1. The van der Waals surface area contributed by atoms with Crippen LogP contribution in [-0.4, -0.2) is 30.2 Å². The quantitative estimate of drug-likeness (QED) is 0.817. The van der Waals surface area contributed by atoms with Crippen LogP contribution in [0.15, 0.2) is 0 Å². The smallest absolute Gasteiger partial charge is 0.310 e. The van der Waals surface area contributed by atoms with Crippen LogP contribution in [0.5, 0.6) is 0 Å². The number of carboxylic acid groups (broad SMARTS) is 1. The molecule has 2 aliphatic rings. The monoisotopic (exact) mass is 248 g/mol. The highest BCUT2D eigenvalue weighted by atomic mass is 19.3. The zero-order valence-electron chi connectivity index (χ0n) is 9.75. The number of alkyl halides is 2. The third kappa shape index (κ3) is 2.44. The Hall–Kier alpha value is -0.710. The Kier molecular flexibility index (Phi) is 3.39. The van der Waals surface area contributed by atoms with Crippen molar-refractivity contribution in [3.8, 4) is 0 Å². The number of hydrogen-bond donors (Lipinski definition) is 1. The summed E-state index contributed by atoms with van der Waals surface area (Å²) in [7, 11) is 0. The first kappa shape index (κ1) is 12.7. The van der Waals surface area contributed by atoms with Crippen molar-refractivity contribution in [2.75, 3.05) is 13.2 Å². The van der Waals surface area contributed by atoms with Gasteiger partial charge in [-0.15, -0.1) is 0 Å². The van der Waals surface area contributed by atoms with Gasteiger partial charge in [-0.25, -0.2) is 8.78 Å². The molecule has 1 saturated heterocycles. The van der Waals surface area contributed by atoms with E-state index in [1.807, 2.05) is 0 Å². The molecule has 0 amide bonds. The van der Waals surface area contributed by atoms with Gasteiger partial charge in [0.2, 0.25) is 5.92 Å². The van der Waals surface area contributed by atoms with Crippen LogP contribution in [0.3, 0.4) is 0 Å². The molecule has 1 aliphatic heterocycles. The van der Waals surface area contributed by atoms with Gasteiger partial charge in [-0.05, 0) is 31.6 Å². The fourth-order valence-corrected chi connectivity index (χ4v) is 3.13. The van der Waals surface area contributed by atoms with Gasteiger partial charge in [0.05, 0.1) is 5.41 Å². The summed E-state index contributed by atoms with van der Waals surface area (Å²) in [5, 5.41) is 9.43. The number of hydrogen-bond acceptors (Lipinski definition) is 2. The third-order valence-electron chi connectivity index (χ3n) is 4.31. The highest BCUT2D eigenvalue weighted by Gasteiger charge is 2.50. The molecule has 1 N–H and O–H groups in total. The highest BCUT2D eigenvalue weighted by molar-refractivity contribution is 5.75. The normalized spacial score (nSPS) is 28.8. The zero-order valence-corrected chi connectivity index (χ0v) is 9.75. The second-order valence-electron chi connectivity index (χ2n) is 5.20. The number of ether oxygens (including phenoxy) is 1. The largest absolute Gasteiger partial charge is 0.481 e. The Balaban J connectivity index is 2.10. The van der Waals surface area contributed by atoms with E-state index in [4.69, 9.17) is 4.74 Å². The lowest BCUT2D eigenvalue weighted by Crippen LogP contribution is -2.45. The van der Waals surface area contributed by atoms with Gasteiger partial charge >= 0.3 is 5.97 Å². The van der Waals surface area contributed by atoms with Crippen molar-refractivity contribution in [1.29, 1.82) is 0 Å². The van der Waals surface area contributed by atoms with Gasteiger partial charge in [0, 0.05) is 26.1 Å². The first-order valence-corrected chi connectivity index (χ1v) is 6.15. The number of rotatable bonds is 2. The lowest BCUT2D eigenvalue weighted by atomic mass is 9.64. The summed E-state index contributed by atoms with van der Waals surface area (Å²) in [4.78, 5) is 11.5. The predicted octanol–water partition coefficient (Wildman–Crippen LogP) is 2.69. The zero-order chi connectivity index (χ0) is 12.5. The molecule has 0 atom stereocenters. The van der Waals surface area contributed by atoms with Crippen molar-refractivity contribution < 1.29 is 23.4 Å². The molecule has 3 nitrogen and oxygen atoms in total. The molecule has 0 aromatic carbocycles. The summed E-state index contributed by atoms with van der Waals surface area (Å²) in [6.45, 7) is 0.860. The van der Waals surface area contributed by atoms with Crippen LogP contribution >= 0.6 is 0 Å². The topological polar surface area (TPSA) is 46.5 Å². The molecule has 1 saturated carbocycles. The highest BCUT2D eigenvalue weighted by Crippen LogP contribution is 2.48. The predicted molar refractivity (Wildman–Crippen MR) is 57.0 cm³/mol. The van der Waals surface area contributed by atoms with E-state index < -0.39 is 17.3 Å². The molecule has 0 radical (unpaired) electrons. The van der Waals surface area contributed by atoms with E-state index >= 15 is 0 Å². The second kappa shape index (κ2) is 4.52. The summed E-state index contributed by atoms with van der Waals surface area (Å²) < 4.78 is 31.4. The number of carbonyl (C=O) groups is 1. The number of halogens is 2. The van der Waals surface area contributed by atoms with Gasteiger partial charge in [-0.1, -0.05) is 0 Å². The SMILES string of the molecule is O=C(O)C1(C2CCC(F)(F)CC2)CCOCC1. The summed E-state index contributed by atoms with van der Waals surface area (Å²) in [5.74, 6) is -3.55. The maximum atomic E-state index is 13.1. The summed E-state index contributed by atoms with van der Waals surface area (Å²) in [6.07, 6.45) is 1.21. The molecule has 0 aromatic rings. The van der Waals surface area contributed by atoms with Crippen molar-refractivity contribution >= 4 is 5.97 Å². The van der Waals surface area contributed by atoms with Gasteiger partial charge in [0.25, 0.3) is 0 Å². The van der Waals surface area contributed by atoms with E-state index in [0.29, 0.717) is 38.9 Å². The maximum Gasteiger partial charge on any atom is 0.310 e. The van der Waals surface area contributed by atoms with Crippen molar-refractivity contribution in [3.05, 3.63) is 0 Å². The fraction of sp³-hybridized carbons (Fsp3) is 0.917. The van der Waals surface area contributed by atoms with E-state index in [9.17, 15) is 18.7 Å². The molecule has 98 valence electrons. The molecule has 17 heavy (non-hydrogen) atoms. The molecular weight excluding hydrogens is 230 g/mol. The molecule has 2 fully saturated rings. The fourth-order valence-electron chi connectivity index (χ4n) is 3.13. The minimum atomic E-state index is -2.60. The van der Waals surface area contributed by atoms with Crippen LogP contribution in [-0.2, 0) is 9.53 Å². The van der Waals surface area contributed by atoms with Crippen molar-refractivity contribution in [2.24, 2.45) is 11.3 Å². The van der Waals surface area contributed by atoms with Crippen LogP contribution < -0.4 is 0 Å². The van der Waals surface area contributed by atoms with Gasteiger partial charge in [0.15, 0.2) is 0 Å². The Labute approximate surface area is 99.1 Å². The first-order valence-electron chi connectivity index (χ1n) is 6.15. The molecule has 0 spiro atoms. The Morgan fingerprint density at radius 1 is 1.12 bits per heavy atom. The van der Waals surface area contributed by atoms with E-state index in [-0.39, 0.29) is 18.8 Å². The van der Waals surface area contributed by atoms with Gasteiger partial charge in [-0.2, -0.15) is 0 Å². The van der Waals surface area contributed by atoms with Crippen LogP contribution in [0.2, 0.25) is 0 Å². The van der Waals surface area contributed by atoms with Gasteiger partial charge in [0.1, 0.15) is 0 Å². The summed E-state index contributed by atoms with van der Waals surface area (Å²) in [6, 6.07) is 0. The number of aliphatic carboxylic acids is 1. The summed E-state index contributed by atoms with van der Waals surface area (Å²) >= 11 is 0. The van der Waals surface area contributed by atoms with E-state index in [0.717, 1.165) is 0 Å². The molecule has 0 bridgehead atoms. The number of carboxylic acids is 1. The van der Waals surface area contributed by atoms with E-state index in [2.05, 4.69) is 0 Å². The average Bonchev–Trinajstić information content (AvgIpc) is 2.29. The van der Waals surface area contributed by atoms with Crippen molar-refractivity contribution in [3.63, 3.8) is 0 Å². The van der Waals surface area contributed by atoms with E-state index in [1.165, 1.54) is 0 Å². The lowest BCUT2D eigenvalue weighted by Gasteiger charge is -2.43. The van der Waals surface area contributed by atoms with Crippen LogP contribution in [0, 0.1) is 11.3 Å². The van der Waals surface area contributed by atoms with Crippen LogP contribution in [0.1, 0.15) is 38.5 Å². The van der Waals surface area contributed by atoms with Gasteiger partial charge in [-0.3, -0.25) is 4.79 Å². The second-order valence-corrected chi connectivity index (χ2v) is 5.20. The standard InChI is InChI=1S/C12H18F2O3/c13-12(14)3-1-9(2-4-12)11(10(15)16)5-7-17-8-6-11/h9H,1-8H2,(H,15,16). The van der Waals surface area contributed by atoms with Crippen molar-refractivity contribution in [1.82, 2.24) is 0 Å². The molecule has 2 rings (SSSR count). The van der Waals surface area contributed by atoms with Crippen LogP contribution in [0.25, 0.3) is 0 Å². The Morgan fingerprint density at radius 3 is 2.12 bits per heavy atom. The molecule has 1 aliphatic carbocycles. The minimum Gasteiger partial charge on any atom is -0.481 e. The molecule has 0 aromatic heterocycles. The Bertz CT molecular complexity index is 288. The first-order chi connectivity index (χ1) is 7.96. The molecule has 5 heteroatoms. The molecule has 0 unspecified atom stereocenters. The molecular formula is C12H18F2O3. The average molecular weight is 248 g/mol. The molecule has 1 heterocycles. The van der Waals surface area contributed by atoms with E-state index in [1.54, 1.807) is 0 Å². The summed E-state index contributed by atoms with van der Waals surface area (Å²) in [5.41, 5.74) is -0.825. The van der Waals surface area contributed by atoms with Crippen molar-refractivity contribution in [2.45, 2.75) is 44.4 Å². The van der Waals surface area contributed by atoms with Gasteiger partial charge < -0.3 is 9.84 Å². The van der Waals surface area contributed by atoms with Crippen LogP contribution in [0.4, 0.5) is 8.78 Å².